The summed E-state index contributed by atoms with van der Waals surface area (Å²) in [5.41, 5.74) is -0.660. The van der Waals surface area contributed by atoms with Crippen LogP contribution in [-0.4, -0.2) is 46.3 Å². The summed E-state index contributed by atoms with van der Waals surface area (Å²) in [6, 6.07) is 3.20. The number of rotatable bonds is 5. The van der Waals surface area contributed by atoms with Crippen molar-refractivity contribution in [2.45, 2.75) is 18.9 Å². The first kappa shape index (κ1) is 14.3. The predicted molar refractivity (Wildman–Crippen MR) is 69.2 cm³/mol. The van der Waals surface area contributed by atoms with Gasteiger partial charge in [0.05, 0.1) is 12.3 Å². The summed E-state index contributed by atoms with van der Waals surface area (Å²) in [6.45, 7) is -0.0208. The van der Waals surface area contributed by atoms with Gasteiger partial charge in [0.2, 0.25) is 0 Å². The van der Waals surface area contributed by atoms with E-state index in [1.54, 1.807) is 0 Å². The average Bonchev–Trinajstić information content (AvgIpc) is 3.19. The van der Waals surface area contributed by atoms with E-state index in [9.17, 15) is 14.0 Å². The van der Waals surface area contributed by atoms with Gasteiger partial charge >= 0.3 is 12.0 Å². The average molecular weight is 282 g/mol. The van der Waals surface area contributed by atoms with Crippen LogP contribution in [-0.2, 0) is 0 Å². The van der Waals surface area contributed by atoms with Crippen LogP contribution in [0.3, 0.4) is 0 Å². The van der Waals surface area contributed by atoms with Crippen LogP contribution in [0.15, 0.2) is 18.2 Å². The first-order valence-electron chi connectivity index (χ1n) is 6.25. The molecule has 0 heterocycles. The highest BCUT2D eigenvalue weighted by atomic mass is 19.1. The van der Waals surface area contributed by atoms with Crippen molar-refractivity contribution in [1.29, 1.82) is 0 Å². The second kappa shape index (κ2) is 5.87. The highest BCUT2D eigenvalue weighted by Crippen LogP contribution is 2.28. The maximum absolute atomic E-state index is 13.5. The number of carbonyl (C=O) groups excluding carboxylic acids is 1. The molecular weight excluding hydrogens is 267 g/mol. The zero-order valence-corrected chi connectivity index (χ0v) is 10.7. The van der Waals surface area contributed by atoms with Crippen molar-refractivity contribution < 1.29 is 24.2 Å². The molecule has 20 heavy (non-hydrogen) atoms. The minimum atomic E-state index is -1.45. The van der Waals surface area contributed by atoms with Gasteiger partial charge in [0.1, 0.15) is 11.4 Å². The SMILES string of the molecule is O=C(O)c1c(F)cccc1NC(=O)N(CCO)C1CC1. The lowest BCUT2D eigenvalue weighted by molar-refractivity contribution is 0.0693. The van der Waals surface area contributed by atoms with E-state index in [0.29, 0.717) is 0 Å². The number of aliphatic hydroxyl groups excluding tert-OH is 1. The first-order valence-corrected chi connectivity index (χ1v) is 6.25. The molecular formula is C13H15FN2O4. The molecule has 0 aromatic heterocycles. The summed E-state index contributed by atoms with van der Waals surface area (Å²) >= 11 is 0. The molecule has 0 unspecified atom stereocenters. The molecule has 1 fully saturated rings. The molecule has 6 nitrogen and oxygen atoms in total. The molecule has 1 aromatic rings. The topological polar surface area (TPSA) is 89.9 Å². The van der Waals surface area contributed by atoms with E-state index >= 15 is 0 Å². The minimum absolute atomic E-state index is 0.0592. The summed E-state index contributed by atoms with van der Waals surface area (Å²) < 4.78 is 13.5. The van der Waals surface area contributed by atoms with Gasteiger partial charge in [-0.15, -0.1) is 0 Å². The van der Waals surface area contributed by atoms with Crippen molar-refractivity contribution in [3.63, 3.8) is 0 Å². The molecule has 0 aliphatic heterocycles. The lowest BCUT2D eigenvalue weighted by Gasteiger charge is -2.22. The van der Waals surface area contributed by atoms with Crippen molar-refractivity contribution in [1.82, 2.24) is 4.90 Å². The molecule has 1 saturated carbocycles. The van der Waals surface area contributed by atoms with Crippen LogP contribution in [0, 0.1) is 5.82 Å². The molecule has 108 valence electrons. The quantitative estimate of drug-likeness (QED) is 0.763. The van der Waals surface area contributed by atoms with Crippen molar-refractivity contribution in [2.24, 2.45) is 0 Å². The largest absolute Gasteiger partial charge is 0.478 e. The number of aliphatic hydroxyl groups is 1. The van der Waals surface area contributed by atoms with Crippen molar-refractivity contribution >= 4 is 17.7 Å². The highest BCUT2D eigenvalue weighted by molar-refractivity contribution is 6.00. The second-order valence-electron chi connectivity index (χ2n) is 4.55. The van der Waals surface area contributed by atoms with Crippen molar-refractivity contribution in [3.05, 3.63) is 29.6 Å². The molecule has 1 aliphatic rings. The zero-order valence-electron chi connectivity index (χ0n) is 10.7. The van der Waals surface area contributed by atoms with Crippen molar-refractivity contribution in [2.75, 3.05) is 18.5 Å². The van der Waals surface area contributed by atoms with Gasteiger partial charge in [0.25, 0.3) is 0 Å². The second-order valence-corrected chi connectivity index (χ2v) is 4.55. The molecule has 3 N–H and O–H groups in total. The van der Waals surface area contributed by atoms with Gasteiger partial charge in [-0.1, -0.05) is 6.07 Å². The van der Waals surface area contributed by atoms with Gasteiger partial charge in [-0.05, 0) is 25.0 Å². The summed E-state index contributed by atoms with van der Waals surface area (Å²) in [6.07, 6.45) is 1.70. The van der Waals surface area contributed by atoms with E-state index < -0.39 is 23.4 Å². The highest BCUT2D eigenvalue weighted by Gasteiger charge is 2.32. The molecule has 2 amide bonds. The van der Waals surface area contributed by atoms with Gasteiger partial charge in [0.15, 0.2) is 0 Å². The molecule has 1 aliphatic carbocycles. The normalized spacial score (nSPS) is 13.9. The standard InChI is InChI=1S/C13H15FN2O4/c14-9-2-1-3-10(11(9)12(18)19)15-13(20)16(6-7-17)8-4-5-8/h1-3,8,17H,4-7H2,(H,15,20)(H,18,19). The Morgan fingerprint density at radius 2 is 2.10 bits per heavy atom. The van der Waals surface area contributed by atoms with Crippen LogP contribution in [0.4, 0.5) is 14.9 Å². The molecule has 0 radical (unpaired) electrons. The van der Waals surface area contributed by atoms with E-state index in [2.05, 4.69) is 5.32 Å². The number of amides is 2. The Kier molecular flexibility index (Phi) is 4.19. The number of urea groups is 1. The van der Waals surface area contributed by atoms with Crippen LogP contribution in [0.25, 0.3) is 0 Å². The third-order valence-electron chi connectivity index (χ3n) is 3.06. The first-order chi connectivity index (χ1) is 9.54. The third kappa shape index (κ3) is 3.05. The van der Waals surface area contributed by atoms with Gasteiger partial charge in [0, 0.05) is 12.6 Å². The van der Waals surface area contributed by atoms with Crippen molar-refractivity contribution in [3.8, 4) is 0 Å². The number of hydrogen-bond acceptors (Lipinski definition) is 3. The summed E-state index contributed by atoms with van der Waals surface area (Å²) in [5, 5.41) is 20.3. The Hall–Kier alpha value is -2.15. The van der Waals surface area contributed by atoms with Crippen LogP contribution >= 0.6 is 0 Å². The number of nitrogens with one attached hydrogen (secondary N) is 1. The Morgan fingerprint density at radius 3 is 2.65 bits per heavy atom. The van der Waals surface area contributed by atoms with Gasteiger partial charge in [-0.25, -0.2) is 14.0 Å². The lowest BCUT2D eigenvalue weighted by atomic mass is 10.1. The van der Waals surface area contributed by atoms with E-state index in [1.165, 1.54) is 17.0 Å². The lowest BCUT2D eigenvalue weighted by Crippen LogP contribution is -2.39. The molecule has 0 bridgehead atoms. The Labute approximate surface area is 114 Å². The van der Waals surface area contributed by atoms with E-state index in [-0.39, 0.29) is 24.9 Å². The predicted octanol–water partition coefficient (Wildman–Crippen LogP) is 1.51. The number of hydrogen-bond donors (Lipinski definition) is 3. The number of nitrogens with zero attached hydrogens (tertiary/aromatic N) is 1. The van der Waals surface area contributed by atoms with Gasteiger partial charge in [-0.2, -0.15) is 0 Å². The molecule has 2 rings (SSSR count). The molecule has 0 saturated heterocycles. The fourth-order valence-electron chi connectivity index (χ4n) is 1.98. The number of anilines is 1. The van der Waals surface area contributed by atoms with E-state index in [0.717, 1.165) is 18.9 Å². The summed E-state index contributed by atoms with van der Waals surface area (Å²) in [5.74, 6) is -2.35. The Morgan fingerprint density at radius 1 is 1.40 bits per heavy atom. The fraction of sp³-hybridized carbons (Fsp3) is 0.385. The van der Waals surface area contributed by atoms with Crippen LogP contribution in [0.5, 0.6) is 0 Å². The number of carbonyl (C=O) groups is 2. The van der Waals surface area contributed by atoms with Gasteiger partial charge < -0.3 is 20.4 Å². The molecule has 7 heteroatoms. The number of halogens is 1. The fourth-order valence-corrected chi connectivity index (χ4v) is 1.98. The monoisotopic (exact) mass is 282 g/mol. The smallest absolute Gasteiger partial charge is 0.340 e. The number of aromatic carboxylic acids is 1. The minimum Gasteiger partial charge on any atom is -0.478 e. The Bertz CT molecular complexity index is 531. The third-order valence-corrected chi connectivity index (χ3v) is 3.06. The van der Waals surface area contributed by atoms with Crippen LogP contribution < -0.4 is 5.32 Å². The number of carboxylic acid groups (broad SMARTS) is 1. The maximum atomic E-state index is 13.5. The molecule has 0 spiro atoms. The summed E-state index contributed by atoms with van der Waals surface area (Å²) in [4.78, 5) is 24.5. The summed E-state index contributed by atoms with van der Waals surface area (Å²) in [7, 11) is 0. The van der Waals surface area contributed by atoms with Gasteiger partial charge in [-0.3, -0.25) is 0 Å². The number of benzene rings is 1. The Balaban J connectivity index is 2.18. The van der Waals surface area contributed by atoms with Crippen LogP contribution in [0.1, 0.15) is 23.2 Å². The van der Waals surface area contributed by atoms with E-state index in [4.69, 9.17) is 10.2 Å². The maximum Gasteiger partial charge on any atom is 0.340 e. The molecule has 1 aromatic carbocycles. The van der Waals surface area contributed by atoms with Crippen LogP contribution in [0.2, 0.25) is 0 Å². The molecule has 0 atom stereocenters. The number of carboxylic acids is 1. The zero-order chi connectivity index (χ0) is 14.7. The van der Waals surface area contributed by atoms with E-state index in [1.807, 2.05) is 0 Å².